The van der Waals surface area contributed by atoms with Crippen LogP contribution >= 0.6 is 11.6 Å². The molecule has 0 aromatic heterocycles. The standard InChI is InChI=1S/C11H17ClN2O3S/c1-8(7-17-2)6-14-18(15,16)11-5-9(13)3-4-10(11)12/h3-5,8,14H,6-7,13H2,1-2H3. The van der Waals surface area contributed by atoms with Crippen molar-refractivity contribution in [3.8, 4) is 0 Å². The zero-order valence-corrected chi connectivity index (χ0v) is 11.9. The Morgan fingerprint density at radius 2 is 2.17 bits per heavy atom. The molecule has 0 radical (unpaired) electrons. The minimum Gasteiger partial charge on any atom is -0.399 e. The summed E-state index contributed by atoms with van der Waals surface area (Å²) in [6, 6.07) is 4.35. The number of anilines is 1. The van der Waals surface area contributed by atoms with E-state index in [9.17, 15) is 8.42 Å². The third kappa shape index (κ3) is 4.13. The molecule has 1 unspecified atom stereocenters. The van der Waals surface area contributed by atoms with Crippen LogP contribution in [0.25, 0.3) is 0 Å². The van der Waals surface area contributed by atoms with E-state index in [0.29, 0.717) is 12.3 Å². The van der Waals surface area contributed by atoms with E-state index >= 15 is 0 Å². The van der Waals surface area contributed by atoms with Gasteiger partial charge < -0.3 is 10.5 Å². The summed E-state index contributed by atoms with van der Waals surface area (Å²) >= 11 is 5.86. The lowest BCUT2D eigenvalue weighted by Crippen LogP contribution is -2.30. The highest BCUT2D eigenvalue weighted by molar-refractivity contribution is 7.89. The number of sulfonamides is 1. The second-order valence-electron chi connectivity index (χ2n) is 4.10. The van der Waals surface area contributed by atoms with Crippen LogP contribution in [0.3, 0.4) is 0 Å². The first-order chi connectivity index (χ1) is 8.36. The average Bonchev–Trinajstić information content (AvgIpc) is 2.30. The van der Waals surface area contributed by atoms with Crippen molar-refractivity contribution < 1.29 is 13.2 Å². The largest absolute Gasteiger partial charge is 0.399 e. The van der Waals surface area contributed by atoms with Gasteiger partial charge in [-0.15, -0.1) is 0 Å². The molecule has 0 heterocycles. The molecule has 7 heteroatoms. The molecule has 0 aliphatic rings. The van der Waals surface area contributed by atoms with Crippen LogP contribution in [0.2, 0.25) is 5.02 Å². The van der Waals surface area contributed by atoms with E-state index in [1.165, 1.54) is 12.1 Å². The Morgan fingerprint density at radius 3 is 2.78 bits per heavy atom. The lowest BCUT2D eigenvalue weighted by atomic mass is 10.2. The molecule has 0 bridgehead atoms. The van der Waals surface area contributed by atoms with Gasteiger partial charge in [0, 0.05) is 25.9 Å². The molecule has 0 fully saturated rings. The van der Waals surface area contributed by atoms with Crippen LogP contribution in [0, 0.1) is 5.92 Å². The van der Waals surface area contributed by atoms with E-state index in [1.807, 2.05) is 6.92 Å². The van der Waals surface area contributed by atoms with Gasteiger partial charge in [-0.3, -0.25) is 0 Å². The molecule has 1 aromatic rings. The molecule has 102 valence electrons. The van der Waals surface area contributed by atoms with Gasteiger partial charge >= 0.3 is 0 Å². The third-order valence-corrected chi connectivity index (χ3v) is 4.22. The van der Waals surface area contributed by atoms with Crippen LogP contribution in [0.4, 0.5) is 5.69 Å². The summed E-state index contributed by atoms with van der Waals surface area (Å²) in [5.41, 5.74) is 5.91. The lowest BCUT2D eigenvalue weighted by molar-refractivity contribution is 0.161. The minimum absolute atomic E-state index is 0.00576. The molecule has 0 spiro atoms. The predicted octanol–water partition coefficient (Wildman–Crippen LogP) is 1.48. The van der Waals surface area contributed by atoms with Crippen molar-refractivity contribution in [2.75, 3.05) is 26.0 Å². The number of hydrogen-bond acceptors (Lipinski definition) is 4. The fourth-order valence-electron chi connectivity index (χ4n) is 1.40. The fraction of sp³-hybridized carbons (Fsp3) is 0.455. The maximum atomic E-state index is 12.0. The summed E-state index contributed by atoms with van der Waals surface area (Å²) in [4.78, 5) is -0.00576. The van der Waals surface area contributed by atoms with Crippen molar-refractivity contribution in [2.24, 2.45) is 5.92 Å². The molecule has 0 saturated carbocycles. The van der Waals surface area contributed by atoms with Gasteiger partial charge in [0.1, 0.15) is 4.90 Å². The summed E-state index contributed by atoms with van der Waals surface area (Å²) in [5.74, 6) is 0.0737. The van der Waals surface area contributed by atoms with E-state index in [4.69, 9.17) is 22.1 Å². The average molecular weight is 293 g/mol. The molecule has 1 rings (SSSR count). The SMILES string of the molecule is COCC(C)CNS(=O)(=O)c1cc(N)ccc1Cl. The van der Waals surface area contributed by atoms with Crippen LogP contribution in [-0.2, 0) is 14.8 Å². The first-order valence-electron chi connectivity index (χ1n) is 5.40. The molecular weight excluding hydrogens is 276 g/mol. The Bertz CT molecular complexity index is 505. The van der Waals surface area contributed by atoms with E-state index in [2.05, 4.69) is 4.72 Å². The third-order valence-electron chi connectivity index (χ3n) is 2.32. The Labute approximate surface area is 112 Å². The maximum Gasteiger partial charge on any atom is 0.242 e. The molecule has 1 aromatic carbocycles. The first-order valence-corrected chi connectivity index (χ1v) is 7.26. The van der Waals surface area contributed by atoms with Crippen molar-refractivity contribution >= 4 is 27.3 Å². The number of nitrogens with one attached hydrogen (secondary N) is 1. The summed E-state index contributed by atoms with van der Waals surface area (Å²) in [6.45, 7) is 2.64. The molecule has 0 saturated heterocycles. The van der Waals surface area contributed by atoms with Crippen LogP contribution in [-0.4, -0.2) is 28.7 Å². The number of halogens is 1. The van der Waals surface area contributed by atoms with E-state index < -0.39 is 10.0 Å². The molecule has 0 amide bonds. The minimum atomic E-state index is -3.64. The second-order valence-corrected chi connectivity index (χ2v) is 6.24. The van der Waals surface area contributed by atoms with Crippen LogP contribution in [0.1, 0.15) is 6.92 Å². The molecule has 0 aliphatic carbocycles. The van der Waals surface area contributed by atoms with Crippen LogP contribution in [0.15, 0.2) is 23.1 Å². The summed E-state index contributed by atoms with van der Waals surface area (Å²) in [5, 5.41) is 0.149. The second kappa shape index (κ2) is 6.38. The molecule has 3 N–H and O–H groups in total. The summed E-state index contributed by atoms with van der Waals surface area (Å²) in [6.07, 6.45) is 0. The Hall–Kier alpha value is -0.820. The van der Waals surface area contributed by atoms with Crippen molar-refractivity contribution in [3.63, 3.8) is 0 Å². The van der Waals surface area contributed by atoms with Gasteiger partial charge in [0.25, 0.3) is 0 Å². The van der Waals surface area contributed by atoms with Crippen LogP contribution < -0.4 is 10.5 Å². The highest BCUT2D eigenvalue weighted by Crippen LogP contribution is 2.23. The summed E-state index contributed by atoms with van der Waals surface area (Å²) < 4.78 is 31.5. The van der Waals surface area contributed by atoms with E-state index in [0.717, 1.165) is 0 Å². The topological polar surface area (TPSA) is 81.4 Å². The molecule has 1 atom stereocenters. The molecule has 5 nitrogen and oxygen atoms in total. The lowest BCUT2D eigenvalue weighted by Gasteiger charge is -2.13. The van der Waals surface area contributed by atoms with Gasteiger partial charge in [-0.1, -0.05) is 18.5 Å². The summed E-state index contributed by atoms with van der Waals surface area (Å²) in [7, 11) is -2.08. The Morgan fingerprint density at radius 1 is 1.50 bits per heavy atom. The zero-order valence-electron chi connectivity index (χ0n) is 10.3. The van der Waals surface area contributed by atoms with Crippen molar-refractivity contribution in [1.82, 2.24) is 4.72 Å². The number of ether oxygens (including phenoxy) is 1. The zero-order chi connectivity index (χ0) is 13.8. The molecular formula is C11H17ClN2O3S. The van der Waals surface area contributed by atoms with Gasteiger partial charge in [-0.25, -0.2) is 13.1 Å². The first kappa shape index (κ1) is 15.2. The van der Waals surface area contributed by atoms with Gasteiger partial charge in [-0.05, 0) is 24.1 Å². The van der Waals surface area contributed by atoms with Gasteiger partial charge in [0.05, 0.1) is 5.02 Å². The van der Waals surface area contributed by atoms with Gasteiger partial charge in [-0.2, -0.15) is 0 Å². The van der Waals surface area contributed by atoms with Gasteiger partial charge in [0.2, 0.25) is 10.0 Å². The predicted molar refractivity (Wildman–Crippen MR) is 72.1 cm³/mol. The smallest absolute Gasteiger partial charge is 0.242 e. The van der Waals surface area contributed by atoms with Crippen molar-refractivity contribution in [1.29, 1.82) is 0 Å². The number of hydrogen-bond donors (Lipinski definition) is 2. The molecule has 0 aliphatic heterocycles. The monoisotopic (exact) mass is 292 g/mol. The molecule has 18 heavy (non-hydrogen) atoms. The van der Waals surface area contributed by atoms with Crippen molar-refractivity contribution in [2.45, 2.75) is 11.8 Å². The number of methoxy groups -OCH3 is 1. The maximum absolute atomic E-state index is 12.0. The van der Waals surface area contributed by atoms with Crippen molar-refractivity contribution in [3.05, 3.63) is 23.2 Å². The Balaban J connectivity index is 2.83. The number of nitrogen functional groups attached to an aromatic ring is 1. The van der Waals surface area contributed by atoms with E-state index in [1.54, 1.807) is 13.2 Å². The normalized spacial score (nSPS) is 13.5. The quantitative estimate of drug-likeness (QED) is 0.778. The Kier molecular flexibility index (Phi) is 5.40. The highest BCUT2D eigenvalue weighted by Gasteiger charge is 2.18. The number of rotatable bonds is 6. The number of benzene rings is 1. The van der Waals surface area contributed by atoms with E-state index in [-0.39, 0.29) is 22.4 Å². The fourth-order valence-corrected chi connectivity index (χ4v) is 3.10. The van der Waals surface area contributed by atoms with Gasteiger partial charge in [0.15, 0.2) is 0 Å². The number of nitrogens with two attached hydrogens (primary N) is 1. The van der Waals surface area contributed by atoms with Crippen LogP contribution in [0.5, 0.6) is 0 Å². The highest BCUT2D eigenvalue weighted by atomic mass is 35.5.